The van der Waals surface area contributed by atoms with Gasteiger partial charge in [-0.2, -0.15) is 0 Å². The number of halogens is 1. The molecule has 18 heavy (non-hydrogen) atoms. The summed E-state index contributed by atoms with van der Waals surface area (Å²) in [7, 11) is 2.16. The maximum Gasteiger partial charge on any atom is 0.0377 e. The van der Waals surface area contributed by atoms with Crippen LogP contribution in [-0.4, -0.2) is 19.6 Å². The lowest BCUT2D eigenvalue weighted by molar-refractivity contribution is 0.661. The summed E-state index contributed by atoms with van der Waals surface area (Å²) in [5.74, 6) is 0. The van der Waals surface area contributed by atoms with Gasteiger partial charge in [-0.3, -0.25) is 0 Å². The zero-order chi connectivity index (χ0) is 13.5. The second-order valence-electron chi connectivity index (χ2n) is 4.82. The number of benzene rings is 1. The second kappa shape index (κ2) is 7.80. The molecule has 2 nitrogen and oxygen atoms in total. The van der Waals surface area contributed by atoms with Crippen molar-refractivity contribution in [3.8, 4) is 0 Å². The van der Waals surface area contributed by atoms with Gasteiger partial charge in [0.25, 0.3) is 0 Å². The van der Waals surface area contributed by atoms with Crippen LogP contribution in [0.5, 0.6) is 0 Å². The number of hydrogen-bond donors (Lipinski definition) is 1. The van der Waals surface area contributed by atoms with Crippen molar-refractivity contribution in [2.75, 3.05) is 18.5 Å². The van der Waals surface area contributed by atoms with Gasteiger partial charge in [-0.25, -0.2) is 0 Å². The van der Waals surface area contributed by atoms with Crippen molar-refractivity contribution in [1.82, 2.24) is 5.32 Å². The summed E-state index contributed by atoms with van der Waals surface area (Å²) >= 11 is 3.67. The Morgan fingerprint density at radius 1 is 1.33 bits per heavy atom. The van der Waals surface area contributed by atoms with Crippen LogP contribution in [0.15, 0.2) is 22.7 Å². The Balaban J connectivity index is 2.72. The zero-order valence-electron chi connectivity index (χ0n) is 12.0. The Labute approximate surface area is 120 Å². The third-order valence-corrected chi connectivity index (χ3v) is 4.18. The molecule has 102 valence electrons. The first-order chi connectivity index (χ1) is 8.60. The van der Waals surface area contributed by atoms with Gasteiger partial charge in [-0.1, -0.05) is 35.8 Å². The molecule has 0 radical (unpaired) electrons. The standard InChI is InChI=1S/C15H25BrN2/c1-5-9-17-11-13-7-8-14(10-15(13)16)18(4)12(3)6-2/h7-8,10,12,17H,5-6,9,11H2,1-4H3. The van der Waals surface area contributed by atoms with Gasteiger partial charge in [-0.15, -0.1) is 0 Å². The minimum absolute atomic E-state index is 0.570. The maximum absolute atomic E-state index is 3.67. The van der Waals surface area contributed by atoms with E-state index in [9.17, 15) is 0 Å². The fraction of sp³-hybridized carbons (Fsp3) is 0.600. The average Bonchev–Trinajstić information content (AvgIpc) is 2.39. The molecule has 0 fully saturated rings. The van der Waals surface area contributed by atoms with Crippen molar-refractivity contribution in [2.45, 2.75) is 46.2 Å². The van der Waals surface area contributed by atoms with E-state index in [0.29, 0.717) is 6.04 Å². The number of hydrogen-bond acceptors (Lipinski definition) is 2. The SMILES string of the molecule is CCCNCc1ccc(N(C)C(C)CC)cc1Br. The minimum atomic E-state index is 0.570. The van der Waals surface area contributed by atoms with Gasteiger partial charge in [0.1, 0.15) is 0 Å². The molecule has 1 rings (SSSR count). The van der Waals surface area contributed by atoms with Gasteiger partial charge in [-0.05, 0) is 44.0 Å². The quantitative estimate of drug-likeness (QED) is 0.760. The summed E-state index contributed by atoms with van der Waals surface area (Å²) in [4.78, 5) is 2.33. The first-order valence-corrected chi connectivity index (χ1v) is 7.61. The van der Waals surface area contributed by atoms with E-state index in [2.05, 4.69) is 72.2 Å². The molecular formula is C15H25BrN2. The van der Waals surface area contributed by atoms with Crippen LogP contribution in [-0.2, 0) is 6.54 Å². The average molecular weight is 313 g/mol. The van der Waals surface area contributed by atoms with Gasteiger partial charge < -0.3 is 10.2 Å². The van der Waals surface area contributed by atoms with Crippen molar-refractivity contribution < 1.29 is 0 Å². The third kappa shape index (κ3) is 4.29. The van der Waals surface area contributed by atoms with E-state index >= 15 is 0 Å². The highest BCUT2D eigenvalue weighted by Gasteiger charge is 2.09. The van der Waals surface area contributed by atoms with E-state index in [-0.39, 0.29) is 0 Å². The monoisotopic (exact) mass is 312 g/mol. The first kappa shape index (κ1) is 15.5. The third-order valence-electron chi connectivity index (χ3n) is 3.44. The normalized spacial score (nSPS) is 12.5. The Kier molecular flexibility index (Phi) is 6.72. The molecule has 0 amide bonds. The molecule has 0 aliphatic heterocycles. The van der Waals surface area contributed by atoms with Gasteiger partial charge in [0, 0.05) is 29.8 Å². The Morgan fingerprint density at radius 2 is 2.06 bits per heavy atom. The highest BCUT2D eigenvalue weighted by Crippen LogP contribution is 2.25. The smallest absolute Gasteiger partial charge is 0.0377 e. The van der Waals surface area contributed by atoms with Crippen molar-refractivity contribution in [3.63, 3.8) is 0 Å². The molecule has 0 aliphatic rings. The Bertz CT molecular complexity index is 366. The van der Waals surface area contributed by atoms with Crippen molar-refractivity contribution in [2.24, 2.45) is 0 Å². The van der Waals surface area contributed by atoms with E-state index < -0.39 is 0 Å². The molecule has 0 saturated carbocycles. The van der Waals surface area contributed by atoms with Crippen LogP contribution in [0.4, 0.5) is 5.69 Å². The summed E-state index contributed by atoms with van der Waals surface area (Å²) in [6, 6.07) is 7.21. The van der Waals surface area contributed by atoms with Crippen molar-refractivity contribution >= 4 is 21.6 Å². The van der Waals surface area contributed by atoms with E-state index in [1.54, 1.807) is 0 Å². The molecule has 1 atom stereocenters. The maximum atomic E-state index is 3.67. The largest absolute Gasteiger partial charge is 0.372 e. The molecule has 1 aromatic carbocycles. The van der Waals surface area contributed by atoms with E-state index in [4.69, 9.17) is 0 Å². The molecule has 1 aromatic rings. The minimum Gasteiger partial charge on any atom is -0.372 e. The lowest BCUT2D eigenvalue weighted by Crippen LogP contribution is -2.28. The number of nitrogens with one attached hydrogen (secondary N) is 1. The summed E-state index contributed by atoms with van der Waals surface area (Å²) in [6.45, 7) is 8.67. The number of nitrogens with zero attached hydrogens (tertiary/aromatic N) is 1. The summed E-state index contributed by atoms with van der Waals surface area (Å²) < 4.78 is 1.19. The lowest BCUT2D eigenvalue weighted by atomic mass is 10.1. The van der Waals surface area contributed by atoms with Crippen molar-refractivity contribution in [1.29, 1.82) is 0 Å². The van der Waals surface area contributed by atoms with Gasteiger partial charge in [0.15, 0.2) is 0 Å². The highest BCUT2D eigenvalue weighted by atomic mass is 79.9. The van der Waals surface area contributed by atoms with Crippen LogP contribution in [0.25, 0.3) is 0 Å². The molecule has 0 saturated heterocycles. The molecular weight excluding hydrogens is 288 g/mol. The summed E-state index contributed by atoms with van der Waals surface area (Å²) in [6.07, 6.45) is 2.33. The highest BCUT2D eigenvalue weighted by molar-refractivity contribution is 9.10. The van der Waals surface area contributed by atoms with Gasteiger partial charge in [0.05, 0.1) is 0 Å². The number of anilines is 1. The molecule has 0 heterocycles. The van der Waals surface area contributed by atoms with Crippen LogP contribution < -0.4 is 10.2 Å². The summed E-state index contributed by atoms with van der Waals surface area (Å²) in [5.41, 5.74) is 2.60. The van der Waals surface area contributed by atoms with Crippen LogP contribution in [0, 0.1) is 0 Å². The van der Waals surface area contributed by atoms with Gasteiger partial charge in [0.2, 0.25) is 0 Å². The summed E-state index contributed by atoms with van der Waals surface area (Å²) in [5, 5.41) is 3.43. The second-order valence-corrected chi connectivity index (χ2v) is 5.68. The molecule has 1 N–H and O–H groups in total. The van der Waals surface area contributed by atoms with E-state index in [0.717, 1.165) is 19.5 Å². The Hall–Kier alpha value is -0.540. The molecule has 0 aliphatic carbocycles. The predicted octanol–water partition coefficient (Wildman–Crippen LogP) is 4.18. The fourth-order valence-electron chi connectivity index (χ4n) is 1.83. The predicted molar refractivity (Wildman–Crippen MR) is 84.3 cm³/mol. The lowest BCUT2D eigenvalue weighted by Gasteiger charge is -2.26. The molecule has 0 aromatic heterocycles. The topological polar surface area (TPSA) is 15.3 Å². The van der Waals surface area contributed by atoms with Crippen LogP contribution >= 0.6 is 15.9 Å². The van der Waals surface area contributed by atoms with E-state index in [1.807, 2.05) is 0 Å². The fourth-order valence-corrected chi connectivity index (χ4v) is 2.33. The zero-order valence-corrected chi connectivity index (χ0v) is 13.5. The van der Waals surface area contributed by atoms with Gasteiger partial charge >= 0.3 is 0 Å². The van der Waals surface area contributed by atoms with Crippen molar-refractivity contribution in [3.05, 3.63) is 28.2 Å². The number of rotatable bonds is 7. The van der Waals surface area contributed by atoms with E-state index in [1.165, 1.54) is 22.1 Å². The Morgan fingerprint density at radius 3 is 2.61 bits per heavy atom. The molecule has 3 heteroatoms. The first-order valence-electron chi connectivity index (χ1n) is 6.82. The molecule has 0 bridgehead atoms. The molecule has 1 unspecified atom stereocenters. The van der Waals surface area contributed by atoms with Crippen LogP contribution in [0.3, 0.4) is 0 Å². The molecule has 0 spiro atoms. The van der Waals surface area contributed by atoms with Crippen LogP contribution in [0.1, 0.15) is 39.2 Å². The van der Waals surface area contributed by atoms with Crippen LogP contribution in [0.2, 0.25) is 0 Å².